The molecule has 19 heavy (non-hydrogen) atoms. The molecule has 0 saturated heterocycles. The zero-order valence-electron chi connectivity index (χ0n) is 11.2. The number of hydrogen-bond donors (Lipinski definition) is 0. The molecule has 1 aromatic heterocycles. The van der Waals surface area contributed by atoms with Gasteiger partial charge < -0.3 is 4.74 Å². The SMILES string of the molecule is CC(C)(C)OC(=O)n1ccc(I)c1-c1ccccc1. The van der Waals surface area contributed by atoms with E-state index in [0.29, 0.717) is 0 Å². The first-order chi connectivity index (χ1) is 8.88. The van der Waals surface area contributed by atoms with E-state index in [2.05, 4.69) is 22.6 Å². The van der Waals surface area contributed by atoms with Crippen molar-refractivity contribution in [1.29, 1.82) is 0 Å². The zero-order valence-corrected chi connectivity index (χ0v) is 13.3. The van der Waals surface area contributed by atoms with E-state index < -0.39 is 5.60 Å². The van der Waals surface area contributed by atoms with Crippen molar-refractivity contribution >= 4 is 28.7 Å². The summed E-state index contributed by atoms with van der Waals surface area (Å²) in [6, 6.07) is 11.7. The van der Waals surface area contributed by atoms with Crippen LogP contribution in [-0.2, 0) is 4.74 Å². The van der Waals surface area contributed by atoms with Gasteiger partial charge in [-0.2, -0.15) is 0 Å². The molecule has 0 saturated carbocycles. The Morgan fingerprint density at radius 3 is 2.37 bits per heavy atom. The van der Waals surface area contributed by atoms with Gasteiger partial charge in [0.05, 0.1) is 5.69 Å². The van der Waals surface area contributed by atoms with Crippen molar-refractivity contribution in [1.82, 2.24) is 4.57 Å². The molecule has 1 heterocycles. The maximum absolute atomic E-state index is 12.2. The second-order valence-electron chi connectivity index (χ2n) is 5.23. The average Bonchev–Trinajstić information content (AvgIpc) is 2.70. The summed E-state index contributed by atoms with van der Waals surface area (Å²) in [7, 11) is 0. The van der Waals surface area contributed by atoms with E-state index in [4.69, 9.17) is 4.74 Å². The molecule has 0 amide bonds. The van der Waals surface area contributed by atoms with Crippen LogP contribution in [0.5, 0.6) is 0 Å². The number of benzene rings is 1. The molecule has 0 aliphatic carbocycles. The van der Waals surface area contributed by atoms with Gasteiger partial charge in [-0.1, -0.05) is 30.3 Å². The first kappa shape index (κ1) is 14.1. The van der Waals surface area contributed by atoms with E-state index in [9.17, 15) is 4.79 Å². The minimum atomic E-state index is -0.499. The second-order valence-corrected chi connectivity index (χ2v) is 6.39. The van der Waals surface area contributed by atoms with Crippen LogP contribution in [0.15, 0.2) is 42.6 Å². The van der Waals surface area contributed by atoms with E-state index in [0.717, 1.165) is 14.8 Å². The second kappa shape index (κ2) is 5.36. The molecule has 2 rings (SSSR count). The topological polar surface area (TPSA) is 31.2 Å². The minimum absolute atomic E-state index is 0.353. The van der Waals surface area contributed by atoms with Gasteiger partial charge in [0.1, 0.15) is 5.60 Å². The molecule has 0 fully saturated rings. The summed E-state index contributed by atoms with van der Waals surface area (Å²) in [4.78, 5) is 12.2. The van der Waals surface area contributed by atoms with E-state index in [1.54, 1.807) is 10.8 Å². The third kappa shape index (κ3) is 3.37. The van der Waals surface area contributed by atoms with Gasteiger partial charge in [0.25, 0.3) is 0 Å². The molecule has 3 nitrogen and oxygen atoms in total. The molecule has 0 aliphatic rings. The minimum Gasteiger partial charge on any atom is -0.443 e. The lowest BCUT2D eigenvalue weighted by molar-refractivity contribution is 0.0540. The van der Waals surface area contributed by atoms with Crippen molar-refractivity contribution in [3.8, 4) is 11.3 Å². The average molecular weight is 369 g/mol. The van der Waals surface area contributed by atoms with Gasteiger partial charge in [0.15, 0.2) is 0 Å². The summed E-state index contributed by atoms with van der Waals surface area (Å²) >= 11 is 2.23. The van der Waals surface area contributed by atoms with E-state index >= 15 is 0 Å². The Morgan fingerprint density at radius 2 is 1.79 bits per heavy atom. The number of nitrogens with zero attached hydrogens (tertiary/aromatic N) is 1. The van der Waals surface area contributed by atoms with Gasteiger partial charge in [0, 0.05) is 9.77 Å². The third-order valence-electron chi connectivity index (χ3n) is 2.47. The number of hydrogen-bond acceptors (Lipinski definition) is 2. The fourth-order valence-electron chi connectivity index (χ4n) is 1.74. The summed E-state index contributed by atoms with van der Waals surface area (Å²) < 4.78 is 8.00. The maximum atomic E-state index is 12.2. The summed E-state index contributed by atoms with van der Waals surface area (Å²) in [5, 5.41) is 0. The number of carbonyl (C=O) groups is 1. The highest BCUT2D eigenvalue weighted by Crippen LogP contribution is 2.27. The van der Waals surface area contributed by atoms with Crippen LogP contribution in [0.3, 0.4) is 0 Å². The Hall–Kier alpha value is -1.30. The maximum Gasteiger partial charge on any atom is 0.419 e. The fourth-order valence-corrected chi connectivity index (χ4v) is 2.48. The predicted octanol–water partition coefficient (Wildman–Crippen LogP) is 4.54. The number of rotatable bonds is 1. The summed E-state index contributed by atoms with van der Waals surface area (Å²) in [6.07, 6.45) is 1.40. The van der Waals surface area contributed by atoms with Crippen LogP contribution in [0.25, 0.3) is 11.3 Å². The van der Waals surface area contributed by atoms with Crippen LogP contribution in [0.1, 0.15) is 20.8 Å². The Bertz CT molecular complexity index is 582. The molecule has 0 spiro atoms. The normalized spacial score (nSPS) is 11.4. The van der Waals surface area contributed by atoms with Gasteiger partial charge in [-0.15, -0.1) is 0 Å². The van der Waals surface area contributed by atoms with Crippen LogP contribution < -0.4 is 0 Å². The van der Waals surface area contributed by atoms with Crippen molar-refractivity contribution in [2.24, 2.45) is 0 Å². The standard InChI is InChI=1S/C15H16INO2/c1-15(2,3)19-14(18)17-10-9-12(16)13(17)11-7-5-4-6-8-11/h4-10H,1-3H3. The van der Waals surface area contributed by atoms with Crippen molar-refractivity contribution in [2.45, 2.75) is 26.4 Å². The largest absolute Gasteiger partial charge is 0.443 e. The molecule has 0 atom stereocenters. The van der Waals surface area contributed by atoms with Crippen LogP contribution in [0, 0.1) is 3.57 Å². The Balaban J connectivity index is 2.41. The fraction of sp³-hybridized carbons (Fsp3) is 0.267. The van der Waals surface area contributed by atoms with E-state index in [1.807, 2.05) is 57.2 Å². The lowest BCUT2D eigenvalue weighted by atomic mass is 10.1. The Morgan fingerprint density at radius 1 is 1.16 bits per heavy atom. The molecular formula is C15H16INO2. The van der Waals surface area contributed by atoms with Gasteiger partial charge >= 0.3 is 6.09 Å². The van der Waals surface area contributed by atoms with Gasteiger partial charge in [-0.05, 0) is 55.0 Å². The third-order valence-corrected chi connectivity index (χ3v) is 3.34. The monoisotopic (exact) mass is 369 g/mol. The van der Waals surface area contributed by atoms with Gasteiger partial charge in [-0.25, -0.2) is 4.79 Å². The lowest BCUT2D eigenvalue weighted by Crippen LogP contribution is -2.27. The van der Waals surface area contributed by atoms with Crippen LogP contribution in [-0.4, -0.2) is 16.3 Å². The van der Waals surface area contributed by atoms with Crippen LogP contribution >= 0.6 is 22.6 Å². The highest BCUT2D eigenvalue weighted by molar-refractivity contribution is 14.1. The first-order valence-corrected chi connectivity index (χ1v) is 7.12. The van der Waals surface area contributed by atoms with Crippen molar-refractivity contribution in [2.75, 3.05) is 0 Å². The zero-order chi connectivity index (χ0) is 14.0. The molecule has 100 valence electrons. The Kier molecular flexibility index (Phi) is 3.99. The molecule has 1 aromatic carbocycles. The summed E-state index contributed by atoms with van der Waals surface area (Å²) in [5.74, 6) is 0. The van der Waals surface area contributed by atoms with Gasteiger partial charge in [-0.3, -0.25) is 4.57 Å². The number of carbonyl (C=O) groups excluding carboxylic acids is 1. The predicted molar refractivity (Wildman–Crippen MR) is 84.2 cm³/mol. The summed E-state index contributed by atoms with van der Waals surface area (Å²) in [5.41, 5.74) is 1.37. The molecule has 0 N–H and O–H groups in total. The van der Waals surface area contributed by atoms with Crippen LogP contribution in [0.4, 0.5) is 4.79 Å². The molecule has 0 aliphatic heterocycles. The number of ether oxygens (including phenoxy) is 1. The lowest BCUT2D eigenvalue weighted by Gasteiger charge is -2.20. The first-order valence-electron chi connectivity index (χ1n) is 6.04. The quantitative estimate of drug-likeness (QED) is 0.691. The van der Waals surface area contributed by atoms with Crippen molar-refractivity contribution in [3.63, 3.8) is 0 Å². The molecular weight excluding hydrogens is 353 g/mol. The molecule has 2 aromatic rings. The number of aromatic nitrogens is 1. The van der Waals surface area contributed by atoms with Crippen LogP contribution in [0.2, 0.25) is 0 Å². The van der Waals surface area contributed by atoms with E-state index in [1.165, 1.54) is 0 Å². The highest BCUT2D eigenvalue weighted by atomic mass is 127. The van der Waals surface area contributed by atoms with E-state index in [-0.39, 0.29) is 6.09 Å². The molecule has 0 bridgehead atoms. The highest BCUT2D eigenvalue weighted by Gasteiger charge is 2.21. The van der Waals surface area contributed by atoms with Crippen molar-refractivity contribution < 1.29 is 9.53 Å². The smallest absolute Gasteiger partial charge is 0.419 e. The van der Waals surface area contributed by atoms with Crippen molar-refractivity contribution in [3.05, 3.63) is 46.2 Å². The number of halogens is 1. The van der Waals surface area contributed by atoms with Gasteiger partial charge in [0.2, 0.25) is 0 Å². The molecule has 4 heteroatoms. The molecule has 0 radical (unpaired) electrons. The Labute approximate surface area is 126 Å². The molecule has 0 unspecified atom stereocenters. The summed E-state index contributed by atoms with van der Waals surface area (Å²) in [6.45, 7) is 5.59.